The molecule has 0 bridgehead atoms. The number of sulfonamides is 1. The van der Waals surface area contributed by atoms with Gasteiger partial charge in [0.1, 0.15) is 9.77 Å². The zero-order valence-electron chi connectivity index (χ0n) is 13.9. The van der Waals surface area contributed by atoms with Gasteiger partial charge in [-0.25, -0.2) is 13.2 Å². The number of carbonyl (C=O) groups is 2. The molecule has 8 nitrogen and oxygen atoms in total. The number of rotatable bonds is 5. The molecule has 10 heteroatoms. The molecule has 0 aliphatic carbocycles. The Morgan fingerprint density at radius 1 is 1.25 bits per heavy atom. The maximum atomic E-state index is 12.8. The quantitative estimate of drug-likeness (QED) is 0.670. The molecule has 0 spiro atoms. The third kappa shape index (κ3) is 3.94. The van der Waals surface area contributed by atoms with Crippen molar-refractivity contribution in [1.82, 2.24) is 14.1 Å². The molecule has 1 aromatic heterocycles. The number of hydrogen-bond donors (Lipinski definition) is 0. The van der Waals surface area contributed by atoms with Crippen molar-refractivity contribution in [2.45, 2.75) is 4.90 Å². The number of thiophene rings is 1. The minimum absolute atomic E-state index is 0.0252. The van der Waals surface area contributed by atoms with Crippen LogP contribution in [0.4, 0.5) is 0 Å². The van der Waals surface area contributed by atoms with Crippen LogP contribution in [0.3, 0.4) is 0 Å². The summed E-state index contributed by atoms with van der Waals surface area (Å²) in [6.45, 7) is 1.38. The van der Waals surface area contributed by atoms with Crippen LogP contribution in [0, 0.1) is 0 Å². The second-order valence-corrected chi connectivity index (χ2v) is 8.45. The first-order valence-corrected chi connectivity index (χ1v) is 9.67. The smallest absolute Gasteiger partial charge is 0.349 e. The summed E-state index contributed by atoms with van der Waals surface area (Å²) in [5.41, 5.74) is 0. The molecule has 24 heavy (non-hydrogen) atoms. The Hall–Kier alpha value is -1.49. The first-order chi connectivity index (χ1) is 11.3. The van der Waals surface area contributed by atoms with E-state index in [1.165, 1.54) is 17.5 Å². The molecule has 1 aliphatic heterocycles. The lowest BCUT2D eigenvalue weighted by atomic mass is 10.3. The van der Waals surface area contributed by atoms with Gasteiger partial charge < -0.3 is 14.5 Å². The number of nitrogens with zero attached hydrogens (tertiary/aromatic N) is 3. The summed E-state index contributed by atoms with van der Waals surface area (Å²) in [7, 11) is 1.05. The minimum Gasteiger partial charge on any atom is -0.465 e. The van der Waals surface area contributed by atoms with Crippen LogP contribution in [0.2, 0.25) is 0 Å². The van der Waals surface area contributed by atoms with Crippen molar-refractivity contribution in [3.63, 3.8) is 0 Å². The lowest BCUT2D eigenvalue weighted by molar-refractivity contribution is -0.133. The average Bonchev–Trinajstić information content (AvgIpc) is 3.04. The van der Waals surface area contributed by atoms with E-state index in [1.807, 2.05) is 14.1 Å². The van der Waals surface area contributed by atoms with Gasteiger partial charge in [0.25, 0.3) is 0 Å². The van der Waals surface area contributed by atoms with Gasteiger partial charge in [-0.15, -0.1) is 11.3 Å². The Labute approximate surface area is 145 Å². The van der Waals surface area contributed by atoms with E-state index in [-0.39, 0.29) is 28.8 Å². The number of carbonyl (C=O) groups excluding carboxylic acids is 2. The highest BCUT2D eigenvalue weighted by Crippen LogP contribution is 2.26. The van der Waals surface area contributed by atoms with E-state index >= 15 is 0 Å². The molecule has 1 saturated heterocycles. The van der Waals surface area contributed by atoms with Crippen LogP contribution < -0.4 is 0 Å². The Kier molecular flexibility index (Phi) is 5.97. The monoisotopic (exact) mass is 375 g/mol. The van der Waals surface area contributed by atoms with Crippen molar-refractivity contribution >= 4 is 33.2 Å². The summed E-state index contributed by atoms with van der Waals surface area (Å²) < 4.78 is 31.5. The van der Waals surface area contributed by atoms with Gasteiger partial charge in [-0.05, 0) is 25.5 Å². The third-order valence-electron chi connectivity index (χ3n) is 3.66. The van der Waals surface area contributed by atoms with E-state index in [0.29, 0.717) is 19.6 Å². The van der Waals surface area contributed by atoms with Crippen molar-refractivity contribution in [2.75, 3.05) is 53.9 Å². The Morgan fingerprint density at radius 2 is 1.88 bits per heavy atom. The number of esters is 1. The van der Waals surface area contributed by atoms with E-state index < -0.39 is 16.0 Å². The highest BCUT2D eigenvalue weighted by molar-refractivity contribution is 7.89. The first-order valence-electron chi connectivity index (χ1n) is 7.36. The fraction of sp³-hybridized carbons (Fsp3) is 0.571. The largest absolute Gasteiger partial charge is 0.465 e. The zero-order valence-corrected chi connectivity index (χ0v) is 15.5. The standard InChI is InChI=1S/C14H21N3O5S2/c1-15(2)10-12(18)16-5-7-17(8-6-16)24(20,21)11-4-9-23-13(11)14(19)22-3/h4,9H,5-8,10H2,1-3H3. The predicted molar refractivity (Wildman–Crippen MR) is 89.6 cm³/mol. The highest BCUT2D eigenvalue weighted by Gasteiger charge is 2.33. The van der Waals surface area contributed by atoms with Gasteiger partial charge in [0, 0.05) is 26.2 Å². The summed E-state index contributed by atoms with van der Waals surface area (Å²) >= 11 is 1.03. The summed E-state index contributed by atoms with van der Waals surface area (Å²) in [4.78, 5) is 27.2. The number of likely N-dealkylation sites (N-methyl/N-ethyl adjacent to an activating group) is 1. The van der Waals surface area contributed by atoms with Gasteiger partial charge in [-0.1, -0.05) is 0 Å². The molecule has 0 saturated carbocycles. The Morgan fingerprint density at radius 3 is 2.42 bits per heavy atom. The zero-order chi connectivity index (χ0) is 17.9. The molecule has 2 rings (SSSR count). The van der Waals surface area contributed by atoms with E-state index in [4.69, 9.17) is 0 Å². The van der Waals surface area contributed by atoms with Gasteiger partial charge in [0.2, 0.25) is 15.9 Å². The van der Waals surface area contributed by atoms with Crippen molar-refractivity contribution < 1.29 is 22.7 Å². The van der Waals surface area contributed by atoms with Gasteiger partial charge in [0.15, 0.2) is 0 Å². The van der Waals surface area contributed by atoms with E-state index in [9.17, 15) is 18.0 Å². The lowest BCUT2D eigenvalue weighted by Gasteiger charge is -2.34. The Bertz CT molecular complexity index is 706. The average molecular weight is 375 g/mol. The summed E-state index contributed by atoms with van der Waals surface area (Å²) in [5, 5.41) is 1.55. The van der Waals surface area contributed by atoms with Crippen LogP contribution >= 0.6 is 11.3 Å². The molecule has 2 heterocycles. The lowest BCUT2D eigenvalue weighted by Crippen LogP contribution is -2.52. The van der Waals surface area contributed by atoms with Gasteiger partial charge in [-0.2, -0.15) is 4.31 Å². The van der Waals surface area contributed by atoms with Crippen LogP contribution in [0.1, 0.15) is 9.67 Å². The number of amides is 1. The molecule has 134 valence electrons. The number of ether oxygens (including phenoxy) is 1. The first kappa shape index (κ1) is 18.8. The molecule has 1 aliphatic rings. The molecule has 1 fully saturated rings. The van der Waals surface area contributed by atoms with E-state index in [1.54, 1.807) is 15.2 Å². The fourth-order valence-electron chi connectivity index (χ4n) is 2.43. The van der Waals surface area contributed by atoms with Crippen molar-refractivity contribution in [2.24, 2.45) is 0 Å². The normalized spacial score (nSPS) is 16.4. The predicted octanol–water partition coefficient (Wildman–Crippen LogP) is -0.0708. The third-order valence-corrected chi connectivity index (χ3v) is 6.63. The summed E-state index contributed by atoms with van der Waals surface area (Å²) in [6.07, 6.45) is 0. The Balaban J connectivity index is 2.10. The molecule has 0 aromatic carbocycles. The van der Waals surface area contributed by atoms with E-state index in [0.717, 1.165) is 11.3 Å². The molecular formula is C14H21N3O5S2. The molecule has 0 radical (unpaired) electrons. The maximum absolute atomic E-state index is 12.8. The molecule has 1 aromatic rings. The van der Waals surface area contributed by atoms with Crippen LogP contribution in [0.5, 0.6) is 0 Å². The maximum Gasteiger partial charge on any atom is 0.349 e. The summed E-state index contributed by atoms with van der Waals surface area (Å²) in [6, 6.07) is 1.41. The van der Waals surface area contributed by atoms with Crippen molar-refractivity contribution in [3.05, 3.63) is 16.3 Å². The van der Waals surface area contributed by atoms with Gasteiger partial charge in [0.05, 0.1) is 13.7 Å². The SMILES string of the molecule is COC(=O)c1sccc1S(=O)(=O)N1CCN(C(=O)CN(C)C)CC1. The minimum atomic E-state index is -3.78. The van der Waals surface area contributed by atoms with Crippen LogP contribution in [-0.4, -0.2) is 88.3 Å². The van der Waals surface area contributed by atoms with Crippen LogP contribution in [0.15, 0.2) is 16.3 Å². The topological polar surface area (TPSA) is 87.2 Å². The van der Waals surface area contributed by atoms with Gasteiger partial charge >= 0.3 is 5.97 Å². The molecule has 1 amide bonds. The molecular weight excluding hydrogens is 354 g/mol. The second-order valence-electron chi connectivity index (χ2n) is 5.63. The van der Waals surface area contributed by atoms with Gasteiger partial charge in [-0.3, -0.25) is 4.79 Å². The number of piperazine rings is 1. The molecule has 0 unspecified atom stereocenters. The van der Waals surface area contributed by atoms with Crippen molar-refractivity contribution in [1.29, 1.82) is 0 Å². The van der Waals surface area contributed by atoms with E-state index in [2.05, 4.69) is 4.74 Å². The second kappa shape index (κ2) is 7.60. The van der Waals surface area contributed by atoms with Crippen LogP contribution in [0.25, 0.3) is 0 Å². The van der Waals surface area contributed by atoms with Crippen molar-refractivity contribution in [3.8, 4) is 0 Å². The summed E-state index contributed by atoms with van der Waals surface area (Å²) in [5.74, 6) is -0.689. The number of methoxy groups -OCH3 is 1. The molecule has 0 N–H and O–H groups in total. The highest BCUT2D eigenvalue weighted by atomic mass is 32.2. The fourth-order valence-corrected chi connectivity index (χ4v) is 5.16. The molecule has 0 atom stereocenters. The number of hydrogen-bond acceptors (Lipinski definition) is 7. The van der Waals surface area contributed by atoms with Crippen LogP contribution in [-0.2, 0) is 19.6 Å².